The summed E-state index contributed by atoms with van der Waals surface area (Å²) in [6.07, 6.45) is 5.18. The summed E-state index contributed by atoms with van der Waals surface area (Å²) in [7, 11) is 0. The molecule has 2 fully saturated rings. The molecule has 0 spiro atoms. The predicted molar refractivity (Wildman–Crippen MR) is 296 cm³/mol. The number of nitrogens with two attached hydrogens (primary N) is 2. The van der Waals surface area contributed by atoms with E-state index in [2.05, 4.69) is 30.4 Å². The van der Waals surface area contributed by atoms with Gasteiger partial charge in [-0.15, -0.1) is 10.2 Å². The van der Waals surface area contributed by atoms with Crippen molar-refractivity contribution in [1.82, 2.24) is 39.3 Å². The maximum absolute atomic E-state index is 12.8. The van der Waals surface area contributed by atoms with E-state index in [1.54, 1.807) is 51.0 Å². The first-order valence-electron chi connectivity index (χ1n) is 25.1. The van der Waals surface area contributed by atoms with Crippen molar-refractivity contribution in [1.29, 1.82) is 0 Å². The molecule has 4 aromatic carbocycles. The van der Waals surface area contributed by atoms with Crippen LogP contribution in [0.15, 0.2) is 170 Å². The number of benzene rings is 4. The van der Waals surface area contributed by atoms with Crippen LogP contribution in [0.25, 0.3) is 11.4 Å². The minimum atomic E-state index is -0.997. The van der Waals surface area contributed by atoms with Crippen molar-refractivity contribution in [2.45, 2.75) is 39.1 Å². The fourth-order valence-corrected chi connectivity index (χ4v) is 8.49. The number of pyridine rings is 2. The number of nitrogens with one attached hydrogen (secondary N) is 1. The van der Waals surface area contributed by atoms with Crippen LogP contribution in [-0.4, -0.2) is 125 Å². The molecule has 2 saturated heterocycles. The number of amides is 3. The van der Waals surface area contributed by atoms with E-state index in [0.29, 0.717) is 56.3 Å². The molecular formula is C56H58N14O9. The molecule has 0 bridgehead atoms. The average molecular weight is 1070 g/mol. The largest absolute Gasteiger partial charge is 0.478 e. The summed E-state index contributed by atoms with van der Waals surface area (Å²) >= 11 is 0. The summed E-state index contributed by atoms with van der Waals surface area (Å²) in [6.45, 7) is 7.92. The van der Waals surface area contributed by atoms with E-state index in [4.69, 9.17) is 26.0 Å². The maximum atomic E-state index is 12.8. The lowest BCUT2D eigenvalue weighted by Crippen LogP contribution is -2.54. The highest BCUT2D eigenvalue weighted by atomic mass is 16.6. The molecule has 79 heavy (non-hydrogen) atoms. The van der Waals surface area contributed by atoms with Gasteiger partial charge >= 0.3 is 23.8 Å². The second-order valence-electron chi connectivity index (χ2n) is 18.3. The molecule has 3 amide bonds. The van der Waals surface area contributed by atoms with Crippen molar-refractivity contribution >= 4 is 58.7 Å². The number of aromatic carboxylic acids is 1. The maximum Gasteiger partial charge on any atom is 0.410 e. The van der Waals surface area contributed by atoms with Crippen molar-refractivity contribution in [2.75, 3.05) is 65.9 Å². The highest BCUT2D eigenvalue weighted by Crippen LogP contribution is 2.24. The number of nitrogen functional groups attached to an aromatic ring is 2. The second kappa shape index (κ2) is 26.0. The number of nitro groups is 1. The van der Waals surface area contributed by atoms with Gasteiger partial charge in [-0.2, -0.15) is 0 Å². The minimum Gasteiger partial charge on any atom is -0.478 e. The Morgan fingerprint density at radius 2 is 1.06 bits per heavy atom. The molecule has 8 aromatic rings. The Kier molecular flexibility index (Phi) is 18.0. The number of aromatic nitrogens is 6. The number of carbonyl (C=O) groups excluding carboxylic acids is 3. The predicted octanol–water partition coefficient (Wildman–Crippen LogP) is 7.94. The highest BCUT2D eigenvalue weighted by molar-refractivity contribution is 6.05. The SMILES string of the molecule is C[C@H]1CN(c2ccc(C(=O)Nc3nn(-c4ccccc4)cc3N)cn2)CCN1C(=O)OCc1ccccc1.C[C@H]1CN(c2ccc(C(=O)O)cn2)CCN1C(=O)OCc1ccccc1.Nc1nn(-c2ccccc2)cc1[N+](=O)[O-]. The molecular weight excluding hydrogens is 1010 g/mol. The van der Waals surface area contributed by atoms with Crippen LogP contribution in [0.1, 0.15) is 45.7 Å². The van der Waals surface area contributed by atoms with Gasteiger partial charge in [0.25, 0.3) is 5.91 Å². The Hall–Kier alpha value is -10.3. The molecule has 6 heterocycles. The zero-order chi connectivity index (χ0) is 55.8. The van der Waals surface area contributed by atoms with Gasteiger partial charge in [-0.25, -0.2) is 33.7 Å². The molecule has 2 atom stereocenters. The monoisotopic (exact) mass is 1070 g/mol. The quantitative estimate of drug-likeness (QED) is 0.0667. The van der Waals surface area contributed by atoms with Crippen LogP contribution >= 0.6 is 0 Å². The number of anilines is 5. The van der Waals surface area contributed by atoms with Crippen LogP contribution in [0.3, 0.4) is 0 Å². The lowest BCUT2D eigenvalue weighted by molar-refractivity contribution is -0.384. The molecule has 0 unspecified atom stereocenters. The third kappa shape index (κ3) is 14.5. The Labute approximate surface area is 454 Å². The second-order valence-corrected chi connectivity index (χ2v) is 18.3. The van der Waals surface area contributed by atoms with Crippen LogP contribution in [-0.2, 0) is 22.7 Å². The number of para-hydroxylation sites is 2. The van der Waals surface area contributed by atoms with Gasteiger partial charge in [0, 0.05) is 63.7 Å². The first-order chi connectivity index (χ1) is 38.2. The Morgan fingerprint density at radius 1 is 0.620 bits per heavy atom. The standard InChI is InChI=1S/C28H29N7O3.C19H21N3O4.C9H8N4O2/c1-20-17-33(14-15-34(20)28(37)38-19-21-8-4-2-5-9-21)25-13-12-22(16-30-25)27(36)31-26-24(29)18-35(32-26)23-10-6-3-7-11-23;1-14-12-21(17-8-7-16(11-20-17)18(23)24)9-10-22(14)19(25)26-13-15-5-3-2-4-6-15;10-9-8(13(14)15)6-12(11-9)7-4-2-1-3-5-7/h2-13,16,18,20H,14-15,17,19,29H2,1H3,(H,31,32,36);2-8,11,14H,9-10,12-13H2,1H3,(H,23,24);1-6H,(H2,10,11)/t20-;14-;/m00./s1. The molecule has 6 N–H and O–H groups in total. The summed E-state index contributed by atoms with van der Waals surface area (Å²) in [6, 6.07) is 44.4. The number of carbonyl (C=O) groups is 4. The Balaban J connectivity index is 0.000000172. The van der Waals surface area contributed by atoms with Crippen LogP contribution in [0.2, 0.25) is 0 Å². The van der Waals surface area contributed by atoms with Gasteiger partial charge < -0.3 is 51.0 Å². The third-order valence-corrected chi connectivity index (χ3v) is 12.7. The molecule has 10 rings (SSSR count). The lowest BCUT2D eigenvalue weighted by atomic mass is 10.2. The van der Waals surface area contributed by atoms with Gasteiger partial charge in [-0.05, 0) is 73.5 Å². The van der Waals surface area contributed by atoms with Crippen LogP contribution < -0.4 is 26.6 Å². The van der Waals surface area contributed by atoms with Gasteiger partial charge in [-0.1, -0.05) is 97.1 Å². The molecule has 2 aliphatic heterocycles. The van der Waals surface area contributed by atoms with E-state index in [-0.39, 0.29) is 66.3 Å². The van der Waals surface area contributed by atoms with E-state index in [9.17, 15) is 29.3 Å². The average Bonchev–Trinajstić information content (AvgIpc) is 4.10. The van der Waals surface area contributed by atoms with Crippen molar-refractivity contribution in [2.24, 2.45) is 0 Å². The fourth-order valence-electron chi connectivity index (χ4n) is 8.49. The number of ether oxygens (including phenoxy) is 2. The summed E-state index contributed by atoms with van der Waals surface area (Å²) in [5.41, 5.74) is 15.7. The van der Waals surface area contributed by atoms with Gasteiger partial charge in [0.05, 0.1) is 39.3 Å². The topological polar surface area (TPSA) is 289 Å². The number of carboxylic acids is 1. The van der Waals surface area contributed by atoms with Crippen molar-refractivity contribution in [3.8, 4) is 11.4 Å². The smallest absolute Gasteiger partial charge is 0.410 e. The molecule has 23 nitrogen and oxygen atoms in total. The van der Waals surface area contributed by atoms with Crippen molar-refractivity contribution in [3.05, 3.63) is 203 Å². The Morgan fingerprint density at radius 3 is 1.47 bits per heavy atom. The number of rotatable bonds is 12. The summed E-state index contributed by atoms with van der Waals surface area (Å²) < 4.78 is 13.9. The van der Waals surface area contributed by atoms with E-state index in [1.165, 1.54) is 29.3 Å². The highest BCUT2D eigenvalue weighted by Gasteiger charge is 2.31. The summed E-state index contributed by atoms with van der Waals surface area (Å²) in [5, 5.41) is 30.5. The number of hydrogen-bond acceptors (Lipinski definition) is 16. The summed E-state index contributed by atoms with van der Waals surface area (Å²) in [5.74, 6) is 0.297. The number of carboxylic acid groups (broad SMARTS) is 1. The first-order valence-corrected chi connectivity index (χ1v) is 25.1. The lowest BCUT2D eigenvalue weighted by Gasteiger charge is -2.39. The third-order valence-electron chi connectivity index (χ3n) is 12.7. The van der Waals surface area contributed by atoms with Crippen LogP contribution in [0.4, 0.5) is 44.2 Å². The number of hydrogen-bond donors (Lipinski definition) is 4. The summed E-state index contributed by atoms with van der Waals surface area (Å²) in [4.78, 5) is 74.9. The van der Waals surface area contributed by atoms with Crippen LogP contribution in [0.5, 0.6) is 0 Å². The van der Waals surface area contributed by atoms with Gasteiger partial charge in [0.1, 0.15) is 31.0 Å². The zero-order valence-corrected chi connectivity index (χ0v) is 43.3. The van der Waals surface area contributed by atoms with Gasteiger partial charge in [-0.3, -0.25) is 14.9 Å². The molecule has 0 aliphatic carbocycles. The number of nitrogens with zero attached hydrogens (tertiary/aromatic N) is 11. The minimum absolute atomic E-state index is 0.0343. The van der Waals surface area contributed by atoms with E-state index in [0.717, 1.165) is 28.3 Å². The molecule has 0 saturated carbocycles. The number of piperazine rings is 2. The molecule has 4 aromatic heterocycles. The van der Waals surface area contributed by atoms with E-state index in [1.807, 2.05) is 128 Å². The van der Waals surface area contributed by atoms with E-state index >= 15 is 0 Å². The molecule has 0 radical (unpaired) electrons. The van der Waals surface area contributed by atoms with E-state index < -0.39 is 10.9 Å². The first kappa shape index (κ1) is 54.9. The molecule has 23 heteroatoms. The van der Waals surface area contributed by atoms with Crippen LogP contribution in [0, 0.1) is 10.1 Å². The van der Waals surface area contributed by atoms with Gasteiger partial charge in [0.15, 0.2) is 5.82 Å². The van der Waals surface area contributed by atoms with Gasteiger partial charge in [0.2, 0.25) is 5.82 Å². The Bertz CT molecular complexity index is 3310. The molecule has 406 valence electrons. The van der Waals surface area contributed by atoms with Crippen molar-refractivity contribution in [3.63, 3.8) is 0 Å². The van der Waals surface area contributed by atoms with Crippen molar-refractivity contribution < 1.29 is 38.7 Å². The normalized spacial score (nSPS) is 14.9. The fraction of sp³-hybridized carbons (Fsp3) is 0.214. The molecule has 2 aliphatic rings. The zero-order valence-electron chi connectivity index (χ0n) is 43.3.